The minimum atomic E-state index is -0.209. The molecule has 0 aromatic heterocycles. The molecule has 5 rings (SSSR count). The van der Waals surface area contributed by atoms with Crippen LogP contribution in [0.4, 0.5) is 4.39 Å². The van der Waals surface area contributed by atoms with E-state index >= 15 is 0 Å². The van der Waals surface area contributed by atoms with E-state index in [0.717, 1.165) is 51.1 Å². The van der Waals surface area contributed by atoms with Gasteiger partial charge in [-0.25, -0.2) is 0 Å². The van der Waals surface area contributed by atoms with Crippen molar-refractivity contribution in [2.24, 2.45) is 5.92 Å². The number of likely N-dealkylation sites (tertiary alicyclic amines) is 1. The summed E-state index contributed by atoms with van der Waals surface area (Å²) in [6.07, 6.45) is 5.09. The van der Waals surface area contributed by atoms with Gasteiger partial charge in [0.2, 0.25) is 0 Å². The van der Waals surface area contributed by atoms with Gasteiger partial charge in [-0.15, -0.1) is 0 Å². The standard InChI is InChI=1S/C32H36FNO/c1-23-19-28(35-2)15-16-29(23)31-10-5-8-26-7-3-4-9-30(26)32(31)27-13-11-24(12-14-27)20-25-21-34(22-25)18-6-17-33/h3-4,7,9,11-16,19,25H,5-6,8,10,17-18,20-22H2,1-2H3. The average molecular weight is 470 g/mol. The Morgan fingerprint density at radius 3 is 2.49 bits per heavy atom. The fourth-order valence-electron chi connectivity index (χ4n) is 5.84. The minimum Gasteiger partial charge on any atom is -0.497 e. The van der Waals surface area contributed by atoms with E-state index in [0.29, 0.717) is 12.3 Å². The molecule has 35 heavy (non-hydrogen) atoms. The quantitative estimate of drug-likeness (QED) is 0.348. The van der Waals surface area contributed by atoms with Gasteiger partial charge in [-0.05, 0) is 102 Å². The third-order valence-corrected chi connectivity index (χ3v) is 7.63. The summed E-state index contributed by atoms with van der Waals surface area (Å²) in [6.45, 7) is 5.08. The van der Waals surface area contributed by atoms with E-state index in [4.69, 9.17) is 4.74 Å². The molecule has 3 aromatic carbocycles. The molecular weight excluding hydrogens is 433 g/mol. The molecule has 0 spiro atoms. The van der Waals surface area contributed by atoms with Crippen molar-refractivity contribution >= 4 is 11.1 Å². The molecule has 0 radical (unpaired) electrons. The Balaban J connectivity index is 1.47. The highest BCUT2D eigenvalue weighted by atomic mass is 19.1. The Labute approximate surface area is 209 Å². The Kier molecular flexibility index (Phi) is 7.34. The molecule has 1 saturated heterocycles. The van der Waals surface area contributed by atoms with Crippen LogP contribution in [0.15, 0.2) is 66.7 Å². The van der Waals surface area contributed by atoms with Gasteiger partial charge in [-0.3, -0.25) is 4.39 Å². The first kappa shape index (κ1) is 23.8. The minimum absolute atomic E-state index is 0.209. The number of methoxy groups -OCH3 is 1. The van der Waals surface area contributed by atoms with Crippen molar-refractivity contribution in [3.8, 4) is 5.75 Å². The summed E-state index contributed by atoms with van der Waals surface area (Å²) in [5.41, 5.74) is 10.9. The van der Waals surface area contributed by atoms with E-state index in [9.17, 15) is 4.39 Å². The molecule has 1 heterocycles. The van der Waals surface area contributed by atoms with Gasteiger partial charge >= 0.3 is 0 Å². The monoisotopic (exact) mass is 469 g/mol. The predicted octanol–water partition coefficient (Wildman–Crippen LogP) is 7.13. The van der Waals surface area contributed by atoms with Crippen molar-refractivity contribution in [3.05, 3.63) is 100 Å². The summed E-state index contributed by atoms with van der Waals surface area (Å²) in [5, 5.41) is 0. The number of aryl methyl sites for hydroxylation is 2. The Hall–Kier alpha value is -2.91. The van der Waals surface area contributed by atoms with Crippen molar-refractivity contribution in [1.29, 1.82) is 0 Å². The van der Waals surface area contributed by atoms with Crippen LogP contribution < -0.4 is 4.74 Å². The number of allylic oxidation sites excluding steroid dienone is 1. The van der Waals surface area contributed by atoms with Crippen LogP contribution in [0.1, 0.15) is 52.6 Å². The van der Waals surface area contributed by atoms with Crippen LogP contribution in [-0.2, 0) is 12.8 Å². The highest BCUT2D eigenvalue weighted by Gasteiger charge is 2.26. The smallest absolute Gasteiger partial charge is 0.119 e. The van der Waals surface area contributed by atoms with Crippen molar-refractivity contribution in [1.82, 2.24) is 4.90 Å². The first-order valence-corrected chi connectivity index (χ1v) is 13.0. The summed E-state index contributed by atoms with van der Waals surface area (Å²) in [5.74, 6) is 1.60. The van der Waals surface area contributed by atoms with E-state index in [-0.39, 0.29) is 6.67 Å². The normalized spacial score (nSPS) is 16.5. The molecule has 1 fully saturated rings. The Bertz CT molecular complexity index is 1190. The van der Waals surface area contributed by atoms with Gasteiger partial charge < -0.3 is 9.64 Å². The second-order valence-corrected chi connectivity index (χ2v) is 10.1. The molecule has 2 nitrogen and oxygen atoms in total. The number of hydrogen-bond donors (Lipinski definition) is 0. The average Bonchev–Trinajstić information content (AvgIpc) is 3.05. The summed E-state index contributed by atoms with van der Waals surface area (Å²) in [4.78, 5) is 2.37. The number of nitrogens with zero attached hydrogens (tertiary/aromatic N) is 1. The molecule has 2 aliphatic rings. The number of benzene rings is 3. The van der Waals surface area contributed by atoms with E-state index in [1.807, 2.05) is 0 Å². The first-order chi connectivity index (χ1) is 17.2. The van der Waals surface area contributed by atoms with Crippen LogP contribution in [-0.4, -0.2) is 38.3 Å². The highest BCUT2D eigenvalue weighted by molar-refractivity contribution is 6.00. The maximum absolute atomic E-state index is 12.4. The van der Waals surface area contributed by atoms with Gasteiger partial charge in [0, 0.05) is 19.6 Å². The van der Waals surface area contributed by atoms with Crippen LogP contribution in [0, 0.1) is 12.8 Å². The molecule has 0 unspecified atom stereocenters. The van der Waals surface area contributed by atoms with Gasteiger partial charge in [0.05, 0.1) is 13.8 Å². The van der Waals surface area contributed by atoms with Crippen LogP contribution in [0.25, 0.3) is 11.1 Å². The lowest BCUT2D eigenvalue weighted by molar-refractivity contribution is 0.0968. The zero-order chi connectivity index (χ0) is 24.2. The number of halogens is 1. The SMILES string of the molecule is COc1ccc(C2=C(c3ccc(CC4CN(CCCF)C4)cc3)c3ccccc3CCC2)c(C)c1. The third-order valence-electron chi connectivity index (χ3n) is 7.63. The number of hydrogen-bond acceptors (Lipinski definition) is 2. The van der Waals surface area contributed by atoms with Crippen LogP contribution in [0.5, 0.6) is 5.75 Å². The molecular formula is C32H36FNO. The van der Waals surface area contributed by atoms with Crippen LogP contribution in [0.2, 0.25) is 0 Å². The van der Waals surface area contributed by atoms with E-state index in [1.54, 1.807) is 7.11 Å². The predicted molar refractivity (Wildman–Crippen MR) is 144 cm³/mol. The fourth-order valence-corrected chi connectivity index (χ4v) is 5.84. The van der Waals surface area contributed by atoms with Crippen molar-refractivity contribution in [3.63, 3.8) is 0 Å². The lowest BCUT2D eigenvalue weighted by Gasteiger charge is -2.39. The largest absolute Gasteiger partial charge is 0.497 e. The van der Waals surface area contributed by atoms with Crippen LogP contribution in [0.3, 0.4) is 0 Å². The summed E-state index contributed by atoms with van der Waals surface area (Å²) >= 11 is 0. The van der Waals surface area contributed by atoms with E-state index < -0.39 is 0 Å². The molecule has 0 bridgehead atoms. The molecule has 0 N–H and O–H groups in total. The number of rotatable bonds is 8. The topological polar surface area (TPSA) is 12.5 Å². The van der Waals surface area contributed by atoms with Gasteiger partial charge in [-0.2, -0.15) is 0 Å². The molecule has 3 heteroatoms. The lowest BCUT2D eigenvalue weighted by Crippen LogP contribution is -2.47. The number of ether oxygens (including phenoxy) is 1. The van der Waals surface area contributed by atoms with Crippen molar-refractivity contribution in [2.45, 2.75) is 39.0 Å². The second kappa shape index (κ2) is 10.8. The third kappa shape index (κ3) is 5.21. The van der Waals surface area contributed by atoms with Crippen molar-refractivity contribution in [2.75, 3.05) is 33.4 Å². The van der Waals surface area contributed by atoms with Gasteiger partial charge in [0.15, 0.2) is 0 Å². The number of alkyl halides is 1. The zero-order valence-corrected chi connectivity index (χ0v) is 21.0. The van der Waals surface area contributed by atoms with Gasteiger partial charge in [0.25, 0.3) is 0 Å². The number of fused-ring (bicyclic) bond motifs is 1. The van der Waals surface area contributed by atoms with Crippen molar-refractivity contribution < 1.29 is 9.13 Å². The zero-order valence-electron chi connectivity index (χ0n) is 21.0. The molecule has 182 valence electrons. The second-order valence-electron chi connectivity index (χ2n) is 10.1. The van der Waals surface area contributed by atoms with Gasteiger partial charge in [-0.1, -0.05) is 54.6 Å². The molecule has 1 aliphatic heterocycles. The van der Waals surface area contributed by atoms with E-state index in [2.05, 4.69) is 78.6 Å². The Morgan fingerprint density at radius 2 is 1.74 bits per heavy atom. The molecule has 0 saturated carbocycles. The van der Waals surface area contributed by atoms with E-state index in [1.165, 1.54) is 44.5 Å². The molecule has 3 aromatic rings. The Morgan fingerprint density at radius 1 is 0.943 bits per heavy atom. The van der Waals surface area contributed by atoms with Crippen LogP contribution >= 0.6 is 0 Å². The first-order valence-electron chi connectivity index (χ1n) is 13.0. The summed E-state index contributed by atoms with van der Waals surface area (Å²) < 4.78 is 17.9. The fraction of sp³-hybridized carbons (Fsp3) is 0.375. The maximum Gasteiger partial charge on any atom is 0.119 e. The lowest BCUT2D eigenvalue weighted by atomic mass is 9.85. The maximum atomic E-state index is 12.4. The summed E-state index contributed by atoms with van der Waals surface area (Å²) in [6, 6.07) is 24.7. The summed E-state index contributed by atoms with van der Waals surface area (Å²) in [7, 11) is 1.73. The molecule has 1 aliphatic carbocycles. The highest BCUT2D eigenvalue weighted by Crippen LogP contribution is 2.41. The van der Waals surface area contributed by atoms with Gasteiger partial charge in [0.1, 0.15) is 5.75 Å². The molecule has 0 atom stereocenters. The molecule has 0 amide bonds.